The summed E-state index contributed by atoms with van der Waals surface area (Å²) in [7, 11) is 1.25. The van der Waals surface area contributed by atoms with Crippen molar-refractivity contribution in [2.75, 3.05) is 7.11 Å². The van der Waals surface area contributed by atoms with Crippen LogP contribution < -0.4 is 10.9 Å². The number of hydrogen-bond acceptors (Lipinski definition) is 4. The van der Waals surface area contributed by atoms with Crippen LogP contribution in [0.3, 0.4) is 0 Å². The number of hydrogen-bond donors (Lipinski definition) is 1. The van der Waals surface area contributed by atoms with Crippen LogP contribution in [0, 0.1) is 0 Å². The minimum atomic E-state index is -0.770. The average molecular weight is 292 g/mol. The molecule has 0 saturated heterocycles. The molecule has 1 heterocycles. The summed E-state index contributed by atoms with van der Waals surface area (Å²) in [5, 5.41) is 2.56. The summed E-state index contributed by atoms with van der Waals surface area (Å²) < 4.78 is 5.91. The molecule has 6 nitrogen and oxygen atoms in total. The van der Waals surface area contributed by atoms with Crippen LogP contribution in [0.25, 0.3) is 0 Å². The molecule has 1 rings (SSSR count). The molecule has 1 unspecified atom stereocenters. The maximum absolute atomic E-state index is 12.3. The molecule has 2 atom stereocenters. The highest BCUT2D eigenvalue weighted by Crippen LogP contribution is 2.13. The monoisotopic (exact) mass is 292 g/mol. The Morgan fingerprint density at radius 3 is 2.76 bits per heavy atom. The molecule has 1 aromatic rings. The van der Waals surface area contributed by atoms with Gasteiger partial charge < -0.3 is 14.6 Å². The number of allylic oxidation sites excluding steroid dienone is 1. The van der Waals surface area contributed by atoms with Gasteiger partial charge in [-0.05, 0) is 25.8 Å². The predicted octanol–water partition coefficient (Wildman–Crippen LogP) is 1.03. The molecular formula is C15H20N2O4. The zero-order chi connectivity index (χ0) is 15.8. The zero-order valence-corrected chi connectivity index (χ0v) is 12.2. The van der Waals surface area contributed by atoms with Crippen molar-refractivity contribution in [3.8, 4) is 0 Å². The Morgan fingerprint density at radius 1 is 1.48 bits per heavy atom. The Kier molecular flexibility index (Phi) is 6.39. The van der Waals surface area contributed by atoms with E-state index >= 15 is 0 Å². The van der Waals surface area contributed by atoms with Crippen molar-refractivity contribution in [3.05, 3.63) is 47.4 Å². The number of esters is 1. The number of amides is 1. The van der Waals surface area contributed by atoms with Gasteiger partial charge in [-0.2, -0.15) is 0 Å². The lowest BCUT2D eigenvalue weighted by atomic mass is 10.1. The van der Waals surface area contributed by atoms with E-state index in [9.17, 15) is 14.4 Å². The standard InChI is InChI=1S/C15H20N2O4/c1-4-5-8-12(17-10-7-6-9-13(17)18)14(19)16-11(2)15(20)21-3/h4,6-7,9-12H,1,5,8H2,2-3H3,(H,16,19)/t11?,12-/m0/s1. The van der Waals surface area contributed by atoms with Gasteiger partial charge in [0.05, 0.1) is 7.11 Å². The molecule has 114 valence electrons. The summed E-state index contributed by atoms with van der Waals surface area (Å²) in [6.45, 7) is 5.15. The molecule has 0 aliphatic heterocycles. The molecule has 21 heavy (non-hydrogen) atoms. The van der Waals surface area contributed by atoms with E-state index in [2.05, 4.69) is 16.6 Å². The van der Waals surface area contributed by atoms with Crippen molar-refractivity contribution in [2.45, 2.75) is 31.8 Å². The molecule has 0 aromatic carbocycles. The summed E-state index contributed by atoms with van der Waals surface area (Å²) in [5.74, 6) is -0.936. The van der Waals surface area contributed by atoms with Gasteiger partial charge in [-0.15, -0.1) is 6.58 Å². The maximum Gasteiger partial charge on any atom is 0.328 e. The normalized spacial score (nSPS) is 13.0. The van der Waals surface area contributed by atoms with Crippen molar-refractivity contribution < 1.29 is 14.3 Å². The molecule has 0 aliphatic carbocycles. The third-order valence-corrected chi connectivity index (χ3v) is 3.05. The van der Waals surface area contributed by atoms with Crippen molar-refractivity contribution in [2.24, 2.45) is 0 Å². The Labute approximate surface area is 123 Å². The van der Waals surface area contributed by atoms with E-state index in [-0.39, 0.29) is 5.56 Å². The fraction of sp³-hybridized carbons (Fsp3) is 0.400. The molecule has 1 amide bonds. The van der Waals surface area contributed by atoms with Gasteiger partial charge >= 0.3 is 5.97 Å². The zero-order valence-electron chi connectivity index (χ0n) is 12.2. The van der Waals surface area contributed by atoms with Gasteiger partial charge in [0, 0.05) is 12.3 Å². The molecule has 0 radical (unpaired) electrons. The molecule has 0 aliphatic rings. The second kappa shape index (κ2) is 8.04. The number of pyridine rings is 1. The van der Waals surface area contributed by atoms with E-state index in [4.69, 9.17) is 0 Å². The van der Waals surface area contributed by atoms with E-state index < -0.39 is 24.0 Å². The fourth-order valence-corrected chi connectivity index (χ4v) is 1.91. The highest BCUT2D eigenvalue weighted by Gasteiger charge is 2.24. The number of rotatable bonds is 7. The number of carbonyl (C=O) groups is 2. The lowest BCUT2D eigenvalue weighted by Crippen LogP contribution is -2.44. The van der Waals surface area contributed by atoms with E-state index in [1.807, 2.05) is 0 Å². The number of methoxy groups -OCH3 is 1. The van der Waals surface area contributed by atoms with Gasteiger partial charge in [-0.1, -0.05) is 12.1 Å². The summed E-state index contributed by atoms with van der Waals surface area (Å²) >= 11 is 0. The third kappa shape index (κ3) is 4.59. The highest BCUT2D eigenvalue weighted by molar-refractivity contribution is 5.86. The van der Waals surface area contributed by atoms with Gasteiger partial charge in [0.15, 0.2) is 0 Å². The molecule has 0 bridgehead atoms. The van der Waals surface area contributed by atoms with Crippen LogP contribution >= 0.6 is 0 Å². The number of nitrogens with zero attached hydrogens (tertiary/aromatic N) is 1. The summed E-state index contributed by atoms with van der Waals surface area (Å²) in [6, 6.07) is 3.22. The van der Waals surface area contributed by atoms with Crippen molar-refractivity contribution in [1.82, 2.24) is 9.88 Å². The Balaban J connectivity index is 2.95. The molecule has 1 N–H and O–H groups in total. The van der Waals surface area contributed by atoms with Crippen LogP contribution in [0.4, 0.5) is 0 Å². The number of carbonyl (C=O) groups excluding carboxylic acids is 2. The average Bonchev–Trinajstić information content (AvgIpc) is 2.48. The van der Waals surface area contributed by atoms with E-state index in [1.165, 1.54) is 24.7 Å². The lowest BCUT2D eigenvalue weighted by Gasteiger charge is -2.20. The molecule has 1 aromatic heterocycles. The fourth-order valence-electron chi connectivity index (χ4n) is 1.91. The first-order chi connectivity index (χ1) is 10.0. The Hall–Kier alpha value is -2.37. The third-order valence-electron chi connectivity index (χ3n) is 3.05. The topological polar surface area (TPSA) is 77.4 Å². The summed E-state index contributed by atoms with van der Waals surface area (Å²) in [5.41, 5.74) is -0.271. The van der Waals surface area contributed by atoms with Crippen LogP contribution in [-0.4, -0.2) is 29.6 Å². The number of ether oxygens (including phenoxy) is 1. The van der Waals surface area contributed by atoms with Gasteiger partial charge in [0.25, 0.3) is 5.56 Å². The minimum Gasteiger partial charge on any atom is -0.467 e. The first kappa shape index (κ1) is 16.7. The van der Waals surface area contributed by atoms with Gasteiger partial charge in [0.2, 0.25) is 5.91 Å². The van der Waals surface area contributed by atoms with Crippen LogP contribution in [-0.2, 0) is 14.3 Å². The second-order valence-electron chi connectivity index (χ2n) is 4.58. The first-order valence-corrected chi connectivity index (χ1v) is 6.67. The van der Waals surface area contributed by atoms with Crippen molar-refractivity contribution >= 4 is 11.9 Å². The highest BCUT2D eigenvalue weighted by atomic mass is 16.5. The van der Waals surface area contributed by atoms with Gasteiger partial charge in [-0.3, -0.25) is 9.59 Å². The molecule has 6 heteroatoms. The summed E-state index contributed by atoms with van der Waals surface area (Å²) in [4.78, 5) is 35.6. The second-order valence-corrected chi connectivity index (χ2v) is 4.58. The Morgan fingerprint density at radius 2 is 2.19 bits per heavy atom. The largest absolute Gasteiger partial charge is 0.467 e. The minimum absolute atomic E-state index is 0.271. The Bertz CT molecular complexity index is 565. The molecule has 0 fully saturated rings. The van der Waals surface area contributed by atoms with Crippen LogP contribution in [0.5, 0.6) is 0 Å². The molecular weight excluding hydrogens is 272 g/mol. The molecule has 0 spiro atoms. The smallest absolute Gasteiger partial charge is 0.328 e. The summed E-state index contributed by atoms with van der Waals surface area (Å²) in [6.07, 6.45) is 4.23. The maximum atomic E-state index is 12.3. The number of nitrogens with one attached hydrogen (secondary N) is 1. The SMILES string of the molecule is C=CCC[C@@H](C(=O)NC(C)C(=O)OC)n1ccccc1=O. The van der Waals surface area contributed by atoms with Crippen LogP contribution in [0.2, 0.25) is 0 Å². The predicted molar refractivity (Wildman–Crippen MR) is 78.8 cm³/mol. The lowest BCUT2D eigenvalue weighted by molar-refractivity contribution is -0.145. The molecule has 0 saturated carbocycles. The van der Waals surface area contributed by atoms with Gasteiger partial charge in [0.1, 0.15) is 12.1 Å². The first-order valence-electron chi connectivity index (χ1n) is 6.67. The number of aromatic nitrogens is 1. The van der Waals surface area contributed by atoms with E-state index in [1.54, 1.807) is 24.4 Å². The quantitative estimate of drug-likeness (QED) is 0.601. The van der Waals surface area contributed by atoms with Crippen LogP contribution in [0.15, 0.2) is 41.8 Å². The van der Waals surface area contributed by atoms with Gasteiger partial charge in [-0.25, -0.2) is 4.79 Å². The van der Waals surface area contributed by atoms with E-state index in [0.717, 1.165) is 0 Å². The van der Waals surface area contributed by atoms with E-state index in [0.29, 0.717) is 12.8 Å². The van der Waals surface area contributed by atoms with Crippen LogP contribution in [0.1, 0.15) is 25.8 Å². The van der Waals surface area contributed by atoms with Crippen molar-refractivity contribution in [3.63, 3.8) is 0 Å². The van der Waals surface area contributed by atoms with Crippen molar-refractivity contribution in [1.29, 1.82) is 0 Å².